The third kappa shape index (κ3) is 4.34. The molecule has 1 aromatic heterocycles. The molecule has 14 heteroatoms. The van der Waals surface area contributed by atoms with E-state index in [1.54, 1.807) is 17.3 Å². The normalized spacial score (nSPS) is 25.5. The molecule has 2 amide bonds. The molecule has 206 valence electrons. The minimum atomic E-state index is -4.62. The molecule has 0 spiro atoms. The average molecular weight is 557 g/mol. The predicted molar refractivity (Wildman–Crippen MR) is 134 cm³/mol. The summed E-state index contributed by atoms with van der Waals surface area (Å²) in [5.74, 6) is 4.70. The van der Waals surface area contributed by atoms with E-state index in [4.69, 9.17) is 15.6 Å². The van der Waals surface area contributed by atoms with Gasteiger partial charge in [-0.1, -0.05) is 0 Å². The van der Waals surface area contributed by atoms with Gasteiger partial charge in [0.05, 0.1) is 29.6 Å². The first-order valence-electron chi connectivity index (χ1n) is 12.3. The molecule has 2 saturated heterocycles. The number of amides is 2. The van der Waals surface area contributed by atoms with Crippen LogP contribution in [0.3, 0.4) is 0 Å². The number of hydrogen-bond donors (Lipinski definition) is 2. The Hall–Kier alpha value is -4.43. The zero-order valence-electron chi connectivity index (χ0n) is 20.7. The van der Waals surface area contributed by atoms with Crippen molar-refractivity contribution < 1.29 is 36.5 Å². The molecule has 40 heavy (non-hydrogen) atoms. The van der Waals surface area contributed by atoms with Crippen molar-refractivity contribution in [2.24, 2.45) is 21.7 Å². The lowest BCUT2D eigenvalue weighted by molar-refractivity contribution is -0.750. The van der Waals surface area contributed by atoms with Gasteiger partial charge in [-0.05, 0) is 43.2 Å². The Balaban J connectivity index is 1.28. The second-order valence-corrected chi connectivity index (χ2v) is 9.79. The van der Waals surface area contributed by atoms with E-state index in [1.165, 1.54) is 18.3 Å². The van der Waals surface area contributed by atoms with Crippen LogP contribution in [0.2, 0.25) is 0 Å². The second kappa shape index (κ2) is 9.34. The van der Waals surface area contributed by atoms with Crippen molar-refractivity contribution in [3.05, 3.63) is 82.8 Å². The van der Waals surface area contributed by atoms with Gasteiger partial charge in [-0.25, -0.2) is 14.2 Å². The van der Waals surface area contributed by atoms with Gasteiger partial charge >= 0.3 is 12.3 Å². The molecule has 3 atom stereocenters. The maximum Gasteiger partial charge on any atom is 0.416 e. The van der Waals surface area contributed by atoms with Crippen LogP contribution >= 0.6 is 0 Å². The van der Waals surface area contributed by atoms with Gasteiger partial charge in [-0.15, -0.1) is 4.59 Å². The number of piperidine rings is 1. The fraction of sp³-hybridized carbons (Fsp3) is 0.269. The Bertz CT molecular complexity index is 1550. The van der Waals surface area contributed by atoms with E-state index in [9.17, 15) is 22.8 Å². The molecule has 4 aliphatic heterocycles. The highest BCUT2D eigenvalue weighted by molar-refractivity contribution is 6.05. The fourth-order valence-electron chi connectivity index (χ4n) is 5.29. The van der Waals surface area contributed by atoms with E-state index in [-0.39, 0.29) is 40.8 Å². The molecule has 1 aromatic carbocycles. The van der Waals surface area contributed by atoms with E-state index in [1.807, 2.05) is 0 Å². The third-order valence-corrected chi connectivity index (χ3v) is 7.35. The minimum absolute atomic E-state index is 0.0125. The lowest BCUT2D eigenvalue weighted by Gasteiger charge is -2.32. The molecular formula is C26H22F4N7O3+. The summed E-state index contributed by atoms with van der Waals surface area (Å²) in [5.41, 5.74) is 0.0180. The lowest BCUT2D eigenvalue weighted by Crippen LogP contribution is -2.53. The number of allylic oxidation sites excluding steroid dienone is 1. The molecule has 0 saturated carbocycles. The van der Waals surface area contributed by atoms with E-state index in [2.05, 4.69) is 15.3 Å². The molecule has 6 rings (SSSR count). The molecule has 1 unspecified atom stereocenters. The van der Waals surface area contributed by atoms with Crippen molar-refractivity contribution in [1.82, 2.24) is 9.88 Å². The van der Waals surface area contributed by atoms with Crippen LogP contribution in [0.25, 0.3) is 0 Å². The number of hydrogen-bond acceptors (Lipinski definition) is 7. The number of quaternary nitrogens is 1. The summed E-state index contributed by atoms with van der Waals surface area (Å²) < 4.78 is 59.2. The number of fused-ring (bicyclic) bond motifs is 2. The van der Waals surface area contributed by atoms with Crippen molar-refractivity contribution in [2.75, 3.05) is 18.5 Å². The largest absolute Gasteiger partial charge is 0.447 e. The summed E-state index contributed by atoms with van der Waals surface area (Å²) in [6.45, 7) is 0.726. The first-order valence-corrected chi connectivity index (χ1v) is 12.3. The maximum atomic E-state index is 15.5. The summed E-state index contributed by atoms with van der Waals surface area (Å²) in [4.78, 5) is 39.2. The Morgan fingerprint density at radius 1 is 1.20 bits per heavy atom. The van der Waals surface area contributed by atoms with E-state index < -0.39 is 28.1 Å². The highest BCUT2D eigenvalue weighted by Gasteiger charge is 2.49. The van der Waals surface area contributed by atoms with Crippen molar-refractivity contribution in [3.63, 3.8) is 0 Å². The maximum absolute atomic E-state index is 15.5. The number of aromatic nitrogens is 1. The summed E-state index contributed by atoms with van der Waals surface area (Å²) >= 11 is 0. The number of aliphatic imine (C=N–C) groups is 2. The van der Waals surface area contributed by atoms with Gasteiger partial charge in [0.15, 0.2) is 0 Å². The summed E-state index contributed by atoms with van der Waals surface area (Å²) in [6, 6.07) is 5.09. The van der Waals surface area contributed by atoms with Crippen LogP contribution in [0, 0.1) is 11.7 Å². The number of cyclic esters (lactones) is 1. The molecule has 2 fully saturated rings. The van der Waals surface area contributed by atoms with Gasteiger partial charge < -0.3 is 15.0 Å². The number of rotatable bonds is 4. The molecular weight excluding hydrogens is 534 g/mol. The molecule has 0 radical (unpaired) electrons. The zero-order valence-corrected chi connectivity index (χ0v) is 20.7. The summed E-state index contributed by atoms with van der Waals surface area (Å²) in [5, 5.41) is 2.26. The Morgan fingerprint density at radius 3 is 2.80 bits per heavy atom. The monoisotopic (exact) mass is 556 g/mol. The number of halogens is 4. The van der Waals surface area contributed by atoms with E-state index >= 15 is 4.39 Å². The number of nitrogens with zero attached hydrogens (tertiary/aromatic N) is 5. The summed E-state index contributed by atoms with van der Waals surface area (Å²) in [7, 11) is 0. The number of carbonyl (C=O) groups is 2. The van der Waals surface area contributed by atoms with E-state index in [0.29, 0.717) is 37.0 Å². The number of pyridine rings is 1. The molecule has 4 aliphatic rings. The van der Waals surface area contributed by atoms with Crippen molar-refractivity contribution in [2.45, 2.75) is 25.1 Å². The number of benzene rings is 1. The number of alkyl halides is 3. The quantitative estimate of drug-likeness (QED) is 0.336. The van der Waals surface area contributed by atoms with Crippen LogP contribution in [-0.4, -0.2) is 57.7 Å². The van der Waals surface area contributed by atoms with Crippen molar-refractivity contribution in [3.8, 4) is 0 Å². The first-order chi connectivity index (χ1) is 19.0. The zero-order chi connectivity index (χ0) is 28.2. The summed E-state index contributed by atoms with van der Waals surface area (Å²) in [6.07, 6.45) is 1.94. The van der Waals surface area contributed by atoms with Gasteiger partial charge in [-0.2, -0.15) is 24.0 Å². The van der Waals surface area contributed by atoms with Crippen LogP contribution in [0.5, 0.6) is 0 Å². The molecule has 3 N–H and O–H groups in total. The van der Waals surface area contributed by atoms with Crippen LogP contribution in [0.1, 0.15) is 34.3 Å². The average Bonchev–Trinajstić information content (AvgIpc) is 3.45. The smallest absolute Gasteiger partial charge is 0.416 e. The molecule has 0 aliphatic carbocycles. The molecule has 0 bridgehead atoms. The van der Waals surface area contributed by atoms with Crippen LogP contribution in [0.15, 0.2) is 70.3 Å². The predicted octanol–water partition coefficient (Wildman–Crippen LogP) is 3.94. The third-order valence-electron chi connectivity index (χ3n) is 7.35. The van der Waals surface area contributed by atoms with Gasteiger partial charge in [-0.3, -0.25) is 9.79 Å². The molecule has 10 nitrogen and oxygen atoms in total. The van der Waals surface area contributed by atoms with Gasteiger partial charge in [0.25, 0.3) is 11.7 Å². The lowest BCUT2D eigenvalue weighted by atomic mass is 9.90. The Kier molecular flexibility index (Phi) is 6.03. The number of amidine groups is 1. The second-order valence-electron chi connectivity index (χ2n) is 9.79. The number of anilines is 1. The molecule has 2 aromatic rings. The number of nitrogens with one attached hydrogen (secondary N) is 1. The number of nitrogens with two attached hydrogens (primary N) is 1. The Morgan fingerprint density at radius 2 is 2.02 bits per heavy atom. The van der Waals surface area contributed by atoms with Crippen molar-refractivity contribution >= 4 is 29.9 Å². The van der Waals surface area contributed by atoms with Gasteiger partial charge in [0, 0.05) is 24.2 Å². The van der Waals surface area contributed by atoms with Crippen LogP contribution < -0.4 is 11.2 Å². The number of carbonyl (C=O) groups excluding carboxylic acids is 2. The SMILES string of the molecule is N[N+]12C=CN=CC1=C([C@H]1CC[C@@H]3COC(=O)N3C1)N=C2c1ccc(C(=O)Nc2cc(C(F)(F)F)ccn2)cc1F. The highest BCUT2D eigenvalue weighted by atomic mass is 19.4. The Labute approximate surface area is 224 Å². The first kappa shape index (κ1) is 25.8. The minimum Gasteiger partial charge on any atom is -0.447 e. The van der Waals surface area contributed by atoms with Gasteiger partial charge in [0.1, 0.15) is 30.1 Å². The molecule has 5 heterocycles. The fourth-order valence-corrected chi connectivity index (χ4v) is 5.29. The standard InChI is InChI=1S/C26H21F4N7O3/c27-19-9-14(24(38)34-21-10-16(5-6-33-21)26(28,29)30)2-4-18(19)23-35-22(20-11-32-7-8-37(20,23)31)15-1-3-17-13-40-25(39)36(17)12-15/h2,4-11,15,17H,1,3,12-13,31H2/p+1/t15-,17+,37?/m0/s1. The van der Waals surface area contributed by atoms with Crippen LogP contribution in [-0.2, 0) is 10.9 Å². The van der Waals surface area contributed by atoms with Crippen molar-refractivity contribution in [1.29, 1.82) is 0 Å². The number of ether oxygens (including phenoxy) is 1. The topological polar surface area (TPSA) is 122 Å². The van der Waals surface area contributed by atoms with Crippen LogP contribution in [0.4, 0.5) is 28.2 Å². The highest BCUT2D eigenvalue weighted by Crippen LogP contribution is 2.40. The van der Waals surface area contributed by atoms with Gasteiger partial charge in [0.2, 0.25) is 5.70 Å². The van der Waals surface area contributed by atoms with E-state index in [0.717, 1.165) is 24.8 Å².